The Hall–Kier alpha value is -3.35. The molecule has 0 heterocycles. The Kier molecular flexibility index (Phi) is 4.88. The molecule has 0 saturated heterocycles. The van der Waals surface area contributed by atoms with Gasteiger partial charge in [0.1, 0.15) is 11.5 Å². The lowest BCUT2D eigenvalue weighted by atomic mass is 10.1. The van der Waals surface area contributed by atoms with E-state index >= 15 is 0 Å². The molecule has 4 N–H and O–H groups in total. The minimum absolute atomic E-state index is 0.0220. The lowest BCUT2D eigenvalue weighted by molar-refractivity contribution is -0.117. The van der Waals surface area contributed by atoms with E-state index in [0.29, 0.717) is 11.4 Å². The standard InChI is InChI=1S/C19H19N3O4/c1-11(21-22-19(26)14-8-16(23)10-17(24)9-14)13-3-2-4-15(7-13)20-18(25)12-5-6-12/h2-4,7-10,12,23-24H,5-6H2,1H3,(H,20,25)(H,22,26)/b21-11+. The second-order valence-electron chi connectivity index (χ2n) is 6.22. The van der Waals surface area contributed by atoms with Gasteiger partial charge in [0, 0.05) is 23.2 Å². The van der Waals surface area contributed by atoms with Crippen LogP contribution >= 0.6 is 0 Å². The molecule has 1 saturated carbocycles. The first-order chi connectivity index (χ1) is 12.4. The van der Waals surface area contributed by atoms with E-state index in [1.165, 1.54) is 12.1 Å². The average molecular weight is 353 g/mol. The Bertz CT molecular complexity index is 868. The number of phenolic OH excluding ortho intramolecular Hbond substituents is 2. The fourth-order valence-electron chi connectivity index (χ4n) is 2.40. The van der Waals surface area contributed by atoms with Crippen LogP contribution in [0.4, 0.5) is 5.69 Å². The molecule has 0 aromatic heterocycles. The largest absolute Gasteiger partial charge is 0.508 e. The molecule has 7 nitrogen and oxygen atoms in total. The van der Waals surface area contributed by atoms with Gasteiger partial charge in [-0.05, 0) is 49.6 Å². The third kappa shape index (κ3) is 4.38. The molecule has 26 heavy (non-hydrogen) atoms. The first-order valence-corrected chi connectivity index (χ1v) is 8.21. The SMILES string of the molecule is C/C(=N\NC(=O)c1cc(O)cc(O)c1)c1cccc(NC(=O)C2CC2)c1. The first kappa shape index (κ1) is 17.5. The first-order valence-electron chi connectivity index (χ1n) is 8.21. The summed E-state index contributed by atoms with van der Waals surface area (Å²) in [6.07, 6.45) is 1.87. The number of rotatable bonds is 5. The molecule has 0 bridgehead atoms. The van der Waals surface area contributed by atoms with Crippen molar-refractivity contribution in [1.82, 2.24) is 5.43 Å². The zero-order valence-corrected chi connectivity index (χ0v) is 14.2. The van der Waals surface area contributed by atoms with Gasteiger partial charge in [-0.15, -0.1) is 0 Å². The second kappa shape index (κ2) is 7.26. The summed E-state index contributed by atoms with van der Waals surface area (Å²) in [6, 6.07) is 10.8. The molecule has 134 valence electrons. The van der Waals surface area contributed by atoms with Gasteiger partial charge in [-0.1, -0.05) is 12.1 Å². The van der Waals surface area contributed by atoms with Crippen molar-refractivity contribution in [2.24, 2.45) is 11.0 Å². The van der Waals surface area contributed by atoms with Crippen molar-refractivity contribution in [2.75, 3.05) is 5.32 Å². The Morgan fingerprint density at radius 1 is 1.04 bits per heavy atom. The van der Waals surface area contributed by atoms with Crippen molar-refractivity contribution < 1.29 is 19.8 Å². The molecule has 0 spiro atoms. The lowest BCUT2D eigenvalue weighted by Gasteiger charge is -2.07. The van der Waals surface area contributed by atoms with Gasteiger partial charge in [-0.2, -0.15) is 5.10 Å². The van der Waals surface area contributed by atoms with Gasteiger partial charge in [-0.25, -0.2) is 5.43 Å². The van der Waals surface area contributed by atoms with Gasteiger partial charge in [0.15, 0.2) is 0 Å². The van der Waals surface area contributed by atoms with E-state index < -0.39 is 5.91 Å². The fraction of sp³-hybridized carbons (Fsp3) is 0.211. The molecular formula is C19H19N3O4. The van der Waals surface area contributed by atoms with Crippen LogP contribution in [0.5, 0.6) is 11.5 Å². The Morgan fingerprint density at radius 2 is 1.73 bits per heavy atom. The van der Waals surface area contributed by atoms with Crippen LogP contribution in [0, 0.1) is 5.92 Å². The van der Waals surface area contributed by atoms with E-state index in [0.717, 1.165) is 24.5 Å². The number of hydrogen-bond donors (Lipinski definition) is 4. The summed E-state index contributed by atoms with van der Waals surface area (Å²) in [5.41, 5.74) is 4.44. The average Bonchev–Trinajstić information content (AvgIpc) is 3.44. The Morgan fingerprint density at radius 3 is 2.38 bits per heavy atom. The molecule has 2 aromatic rings. The molecule has 2 aromatic carbocycles. The number of nitrogens with one attached hydrogen (secondary N) is 2. The number of aromatic hydroxyl groups is 2. The van der Waals surface area contributed by atoms with Crippen LogP contribution in [0.2, 0.25) is 0 Å². The highest BCUT2D eigenvalue weighted by atomic mass is 16.3. The van der Waals surface area contributed by atoms with E-state index in [4.69, 9.17) is 0 Å². The van der Waals surface area contributed by atoms with Gasteiger partial charge >= 0.3 is 0 Å². The third-order valence-electron chi connectivity index (χ3n) is 3.99. The molecule has 2 amide bonds. The zero-order valence-electron chi connectivity index (χ0n) is 14.2. The van der Waals surface area contributed by atoms with Crippen molar-refractivity contribution in [3.63, 3.8) is 0 Å². The minimum Gasteiger partial charge on any atom is -0.508 e. The van der Waals surface area contributed by atoms with Crippen LogP contribution in [0.25, 0.3) is 0 Å². The summed E-state index contributed by atoms with van der Waals surface area (Å²) < 4.78 is 0. The molecule has 1 aliphatic carbocycles. The normalized spacial score (nSPS) is 14.0. The summed E-state index contributed by atoms with van der Waals surface area (Å²) in [7, 11) is 0. The predicted octanol–water partition coefficient (Wildman–Crippen LogP) is 2.60. The van der Waals surface area contributed by atoms with Crippen molar-refractivity contribution in [3.05, 3.63) is 53.6 Å². The Labute approximate surface area is 150 Å². The third-order valence-corrected chi connectivity index (χ3v) is 3.99. The quantitative estimate of drug-likeness (QED) is 0.489. The monoisotopic (exact) mass is 353 g/mol. The van der Waals surface area contributed by atoms with Crippen molar-refractivity contribution in [1.29, 1.82) is 0 Å². The van der Waals surface area contributed by atoms with E-state index in [1.54, 1.807) is 25.1 Å². The number of benzene rings is 2. The number of hydrogen-bond acceptors (Lipinski definition) is 5. The topological polar surface area (TPSA) is 111 Å². The molecule has 0 atom stereocenters. The van der Waals surface area contributed by atoms with Crippen LogP contribution in [0.15, 0.2) is 47.6 Å². The summed E-state index contributed by atoms with van der Waals surface area (Å²) in [5.74, 6) is -0.848. The fourth-order valence-corrected chi connectivity index (χ4v) is 2.40. The summed E-state index contributed by atoms with van der Waals surface area (Å²) in [5, 5.41) is 25.8. The number of anilines is 1. The van der Waals surface area contributed by atoms with Crippen LogP contribution < -0.4 is 10.7 Å². The maximum Gasteiger partial charge on any atom is 0.271 e. The lowest BCUT2D eigenvalue weighted by Crippen LogP contribution is -2.19. The highest BCUT2D eigenvalue weighted by Crippen LogP contribution is 2.30. The van der Waals surface area contributed by atoms with E-state index in [-0.39, 0.29) is 28.9 Å². The summed E-state index contributed by atoms with van der Waals surface area (Å²) >= 11 is 0. The maximum atomic E-state index is 12.1. The number of nitrogens with zero attached hydrogens (tertiary/aromatic N) is 1. The van der Waals surface area contributed by atoms with Crippen LogP contribution in [-0.4, -0.2) is 27.7 Å². The van der Waals surface area contributed by atoms with Gasteiger partial charge < -0.3 is 15.5 Å². The predicted molar refractivity (Wildman–Crippen MR) is 97.2 cm³/mol. The van der Waals surface area contributed by atoms with Crippen molar-refractivity contribution >= 4 is 23.2 Å². The van der Waals surface area contributed by atoms with Crippen molar-refractivity contribution in [2.45, 2.75) is 19.8 Å². The van der Waals surface area contributed by atoms with Crippen LogP contribution in [0.3, 0.4) is 0 Å². The number of phenols is 2. The number of hydrazone groups is 1. The Balaban J connectivity index is 1.68. The highest BCUT2D eigenvalue weighted by Gasteiger charge is 2.29. The van der Waals surface area contributed by atoms with Gasteiger partial charge in [-0.3, -0.25) is 9.59 Å². The van der Waals surface area contributed by atoms with Gasteiger partial charge in [0.2, 0.25) is 5.91 Å². The molecule has 1 aliphatic rings. The van der Waals surface area contributed by atoms with E-state index in [2.05, 4.69) is 15.8 Å². The molecule has 0 aliphatic heterocycles. The number of carbonyl (C=O) groups excluding carboxylic acids is 2. The summed E-state index contributed by atoms with van der Waals surface area (Å²) in [4.78, 5) is 23.9. The molecule has 7 heteroatoms. The molecule has 0 unspecified atom stereocenters. The van der Waals surface area contributed by atoms with Crippen LogP contribution in [-0.2, 0) is 4.79 Å². The van der Waals surface area contributed by atoms with Crippen molar-refractivity contribution in [3.8, 4) is 11.5 Å². The second-order valence-corrected chi connectivity index (χ2v) is 6.22. The molecule has 1 fully saturated rings. The van der Waals surface area contributed by atoms with E-state index in [1.807, 2.05) is 6.07 Å². The number of amides is 2. The molecule has 0 radical (unpaired) electrons. The zero-order chi connectivity index (χ0) is 18.7. The van der Waals surface area contributed by atoms with Crippen LogP contribution in [0.1, 0.15) is 35.7 Å². The highest BCUT2D eigenvalue weighted by molar-refractivity contribution is 6.02. The number of carbonyl (C=O) groups is 2. The molecule has 3 rings (SSSR count). The minimum atomic E-state index is -0.561. The molecular weight excluding hydrogens is 334 g/mol. The smallest absolute Gasteiger partial charge is 0.271 e. The van der Waals surface area contributed by atoms with E-state index in [9.17, 15) is 19.8 Å². The maximum absolute atomic E-state index is 12.1. The summed E-state index contributed by atoms with van der Waals surface area (Å²) in [6.45, 7) is 1.72. The van der Waals surface area contributed by atoms with Gasteiger partial charge in [0.25, 0.3) is 5.91 Å². The van der Waals surface area contributed by atoms with Gasteiger partial charge in [0.05, 0.1) is 5.71 Å².